The summed E-state index contributed by atoms with van der Waals surface area (Å²) in [5.41, 5.74) is 0. The van der Waals surface area contributed by atoms with Crippen LogP contribution in [0.25, 0.3) is 0 Å². The maximum absolute atomic E-state index is 10.6. The van der Waals surface area contributed by atoms with Gasteiger partial charge < -0.3 is 9.79 Å². The van der Waals surface area contributed by atoms with Crippen molar-refractivity contribution in [3.05, 3.63) is 12.4 Å². The van der Waals surface area contributed by atoms with Crippen molar-refractivity contribution in [1.82, 2.24) is 9.73 Å². The third-order valence-corrected chi connectivity index (χ3v) is 2.19. The molecule has 7 heteroatoms. The van der Waals surface area contributed by atoms with E-state index in [1.165, 1.54) is 24.6 Å². The van der Waals surface area contributed by atoms with Crippen molar-refractivity contribution in [2.24, 2.45) is 0 Å². The van der Waals surface area contributed by atoms with Gasteiger partial charge in [0.2, 0.25) is 0 Å². The van der Waals surface area contributed by atoms with Crippen LogP contribution in [0.1, 0.15) is 0 Å². The normalized spacial score (nSPS) is 18.1. The molecule has 2 N–H and O–H groups in total. The quantitative estimate of drug-likeness (QED) is 0.567. The summed E-state index contributed by atoms with van der Waals surface area (Å²) in [6, 6.07) is 0. The van der Waals surface area contributed by atoms with Gasteiger partial charge in [0.25, 0.3) is 0 Å². The summed E-state index contributed by atoms with van der Waals surface area (Å²) in [5, 5.41) is 1.30. The Labute approximate surface area is 63.8 Å². The zero-order chi connectivity index (χ0) is 8.48. The first-order valence-electron chi connectivity index (χ1n) is 2.86. The van der Waals surface area contributed by atoms with Crippen LogP contribution in [0.2, 0.25) is 0 Å². The predicted octanol–water partition coefficient (Wildman–Crippen LogP) is -0.313. The van der Waals surface area contributed by atoms with Gasteiger partial charge in [-0.05, 0) is 0 Å². The van der Waals surface area contributed by atoms with Crippen LogP contribution in [0.15, 0.2) is 12.4 Å². The van der Waals surface area contributed by atoms with E-state index in [0.29, 0.717) is 0 Å². The first kappa shape index (κ1) is 8.55. The Kier molecular flexibility index (Phi) is 2.20. The van der Waals surface area contributed by atoms with E-state index in [-0.39, 0.29) is 6.67 Å². The van der Waals surface area contributed by atoms with Crippen LogP contribution in [0.4, 0.5) is 0 Å². The largest absolute Gasteiger partial charge is 0.431 e. The second kappa shape index (κ2) is 2.83. The lowest BCUT2D eigenvalue weighted by Crippen LogP contribution is -2.22. The molecule has 1 aliphatic rings. The average Bonchev–Trinajstić information content (AvgIpc) is 2.32. The van der Waals surface area contributed by atoms with Crippen LogP contribution in [0.3, 0.4) is 0 Å². The Morgan fingerprint density at radius 1 is 1.55 bits per heavy atom. The Balaban J connectivity index is 2.57. The summed E-state index contributed by atoms with van der Waals surface area (Å²) in [4.78, 5) is 22.0. The molecule has 0 unspecified atom stereocenters. The highest BCUT2D eigenvalue weighted by Crippen LogP contribution is 2.41. The second-order valence-corrected chi connectivity index (χ2v) is 3.53. The predicted molar refractivity (Wildman–Crippen MR) is 36.7 cm³/mol. The second-order valence-electron chi connectivity index (χ2n) is 1.99. The topological polar surface area (TPSA) is 73.2 Å². The van der Waals surface area contributed by atoms with Crippen molar-refractivity contribution in [2.75, 3.05) is 13.8 Å². The standard InChI is InChI=1S/C4H9N2O4P/c1-10-5-2-3-6(4-5)11(7,8)9/h2-3H,4H2,1H3,(H2,7,8,9). The molecular weight excluding hydrogens is 171 g/mol. The van der Waals surface area contributed by atoms with Crippen molar-refractivity contribution < 1.29 is 19.2 Å². The third kappa shape index (κ3) is 1.94. The first-order valence-corrected chi connectivity index (χ1v) is 4.42. The molecule has 0 bridgehead atoms. The van der Waals surface area contributed by atoms with E-state index in [1.807, 2.05) is 0 Å². The average molecular weight is 180 g/mol. The Morgan fingerprint density at radius 2 is 2.18 bits per heavy atom. The maximum atomic E-state index is 10.6. The van der Waals surface area contributed by atoms with Gasteiger partial charge in [-0.2, -0.15) is 0 Å². The lowest BCUT2D eigenvalue weighted by Gasteiger charge is -2.19. The van der Waals surface area contributed by atoms with Gasteiger partial charge in [-0.1, -0.05) is 0 Å². The molecule has 0 atom stereocenters. The van der Waals surface area contributed by atoms with Crippen LogP contribution in [0, 0.1) is 0 Å². The minimum atomic E-state index is -4.14. The fourth-order valence-corrected chi connectivity index (χ4v) is 1.20. The summed E-state index contributed by atoms with van der Waals surface area (Å²) in [6.45, 7) is 0.0563. The molecule has 0 amide bonds. The molecule has 6 nitrogen and oxygen atoms in total. The SMILES string of the molecule is CON1C=CN(P(=O)(O)O)C1. The lowest BCUT2D eigenvalue weighted by molar-refractivity contribution is -0.0923. The monoisotopic (exact) mass is 180 g/mol. The molecule has 1 aliphatic heterocycles. The van der Waals surface area contributed by atoms with Crippen molar-refractivity contribution in [3.63, 3.8) is 0 Å². The molecule has 0 saturated heterocycles. The highest BCUT2D eigenvalue weighted by atomic mass is 31.2. The van der Waals surface area contributed by atoms with E-state index in [2.05, 4.69) is 0 Å². The van der Waals surface area contributed by atoms with E-state index >= 15 is 0 Å². The molecule has 0 spiro atoms. The van der Waals surface area contributed by atoms with Crippen molar-refractivity contribution in [1.29, 1.82) is 0 Å². The molecule has 0 aliphatic carbocycles. The summed E-state index contributed by atoms with van der Waals surface area (Å²) >= 11 is 0. The molecule has 0 saturated carbocycles. The molecule has 11 heavy (non-hydrogen) atoms. The zero-order valence-corrected chi connectivity index (χ0v) is 6.81. The van der Waals surface area contributed by atoms with Crippen LogP contribution >= 0.6 is 7.75 Å². The molecule has 1 heterocycles. The minimum Gasteiger partial charge on any atom is -0.308 e. The molecule has 64 valence electrons. The number of hydrogen-bond donors (Lipinski definition) is 2. The zero-order valence-electron chi connectivity index (χ0n) is 5.91. The fraction of sp³-hybridized carbons (Fsp3) is 0.500. The first-order chi connectivity index (χ1) is 5.04. The summed E-state index contributed by atoms with van der Waals surface area (Å²) in [5.74, 6) is 0. The van der Waals surface area contributed by atoms with Gasteiger partial charge in [0, 0.05) is 12.4 Å². The van der Waals surface area contributed by atoms with Gasteiger partial charge in [-0.3, -0.25) is 9.51 Å². The number of hydroxylamine groups is 2. The smallest absolute Gasteiger partial charge is 0.308 e. The van der Waals surface area contributed by atoms with E-state index in [0.717, 1.165) is 4.67 Å². The van der Waals surface area contributed by atoms with Gasteiger partial charge in [-0.15, -0.1) is 0 Å². The Morgan fingerprint density at radius 3 is 2.45 bits per heavy atom. The molecule has 0 fully saturated rings. The van der Waals surface area contributed by atoms with E-state index in [9.17, 15) is 4.57 Å². The highest BCUT2D eigenvalue weighted by molar-refractivity contribution is 7.49. The van der Waals surface area contributed by atoms with Crippen LogP contribution in [0.5, 0.6) is 0 Å². The van der Waals surface area contributed by atoms with Crippen molar-refractivity contribution >= 4 is 7.75 Å². The molecule has 0 aromatic carbocycles. The number of hydrogen-bond acceptors (Lipinski definition) is 3. The van der Waals surface area contributed by atoms with Crippen LogP contribution in [-0.4, -0.2) is 33.3 Å². The number of nitrogens with zero attached hydrogens (tertiary/aromatic N) is 2. The summed E-state index contributed by atoms with van der Waals surface area (Å²) < 4.78 is 11.5. The third-order valence-electron chi connectivity index (χ3n) is 1.26. The van der Waals surface area contributed by atoms with E-state index in [1.54, 1.807) is 0 Å². The number of rotatable bonds is 2. The fourth-order valence-electron chi connectivity index (χ4n) is 0.676. The van der Waals surface area contributed by atoms with Gasteiger partial charge in [-0.25, -0.2) is 9.63 Å². The molecule has 0 radical (unpaired) electrons. The van der Waals surface area contributed by atoms with Crippen molar-refractivity contribution in [2.45, 2.75) is 0 Å². The van der Waals surface area contributed by atoms with E-state index in [4.69, 9.17) is 14.6 Å². The molecular formula is C4H9N2O4P. The van der Waals surface area contributed by atoms with Gasteiger partial charge >= 0.3 is 7.75 Å². The molecule has 1 rings (SSSR count). The molecule has 0 aromatic heterocycles. The summed E-state index contributed by atoms with van der Waals surface area (Å²) in [7, 11) is -2.71. The van der Waals surface area contributed by atoms with Gasteiger partial charge in [0.15, 0.2) is 0 Å². The highest BCUT2D eigenvalue weighted by Gasteiger charge is 2.26. The lowest BCUT2D eigenvalue weighted by atomic mass is 11.0. The minimum absolute atomic E-state index is 0.0563. The summed E-state index contributed by atoms with van der Waals surface area (Å²) in [6.07, 6.45) is 2.73. The van der Waals surface area contributed by atoms with Crippen LogP contribution < -0.4 is 0 Å². The maximum Gasteiger partial charge on any atom is 0.431 e. The van der Waals surface area contributed by atoms with Crippen LogP contribution in [-0.2, 0) is 9.40 Å². The van der Waals surface area contributed by atoms with E-state index < -0.39 is 7.75 Å². The Hall–Kier alpha value is -0.550. The molecule has 0 aromatic rings. The Bertz CT molecular complexity index is 212. The van der Waals surface area contributed by atoms with Gasteiger partial charge in [0.1, 0.15) is 6.67 Å². The van der Waals surface area contributed by atoms with Gasteiger partial charge in [0.05, 0.1) is 7.11 Å². The van der Waals surface area contributed by atoms with Crippen molar-refractivity contribution in [3.8, 4) is 0 Å².